The van der Waals surface area contributed by atoms with Gasteiger partial charge in [-0.1, -0.05) is 23.2 Å². The van der Waals surface area contributed by atoms with Gasteiger partial charge in [0.25, 0.3) is 5.91 Å². The SMILES string of the molecule is COc1ccc(OCC(=O)N/N=C/c2ccc(OC(=O)c3ccc(Cl)cc3)cc2OC(=O)c2ccc(Cl)cc2)cc1. The van der Waals surface area contributed by atoms with E-state index in [1.807, 2.05) is 0 Å². The highest BCUT2D eigenvalue weighted by Gasteiger charge is 2.15. The normalized spacial score (nSPS) is 10.6. The third-order valence-corrected chi connectivity index (χ3v) is 5.88. The first-order chi connectivity index (χ1) is 19.8. The van der Waals surface area contributed by atoms with E-state index in [0.29, 0.717) is 27.1 Å². The molecule has 0 aliphatic rings. The first kappa shape index (κ1) is 29.1. The van der Waals surface area contributed by atoms with Crippen LogP contribution in [-0.4, -0.2) is 37.8 Å². The lowest BCUT2D eigenvalue weighted by Gasteiger charge is -2.11. The summed E-state index contributed by atoms with van der Waals surface area (Å²) >= 11 is 11.8. The quantitative estimate of drug-likeness (QED) is 0.104. The average Bonchev–Trinajstić information content (AvgIpc) is 2.98. The van der Waals surface area contributed by atoms with Crippen LogP contribution in [0.1, 0.15) is 26.3 Å². The van der Waals surface area contributed by atoms with E-state index in [0.717, 1.165) is 0 Å². The van der Waals surface area contributed by atoms with Crippen LogP contribution in [0.3, 0.4) is 0 Å². The number of carbonyl (C=O) groups excluding carboxylic acids is 3. The molecule has 208 valence electrons. The van der Waals surface area contributed by atoms with Gasteiger partial charge >= 0.3 is 11.9 Å². The van der Waals surface area contributed by atoms with Gasteiger partial charge in [-0.3, -0.25) is 4.79 Å². The van der Waals surface area contributed by atoms with Crippen molar-refractivity contribution in [2.45, 2.75) is 0 Å². The molecule has 0 spiro atoms. The van der Waals surface area contributed by atoms with Crippen LogP contribution in [-0.2, 0) is 4.79 Å². The Hall–Kier alpha value is -4.86. The third kappa shape index (κ3) is 8.56. The molecule has 0 fully saturated rings. The number of halogens is 2. The molecule has 11 heteroatoms. The summed E-state index contributed by atoms with van der Waals surface area (Å²) in [5, 5.41) is 4.86. The van der Waals surface area contributed by atoms with Crippen LogP contribution in [0.15, 0.2) is 96.1 Å². The minimum Gasteiger partial charge on any atom is -0.497 e. The topological polar surface area (TPSA) is 113 Å². The number of hydrogen-bond donors (Lipinski definition) is 1. The van der Waals surface area contributed by atoms with Crippen molar-refractivity contribution in [3.05, 3.63) is 118 Å². The van der Waals surface area contributed by atoms with Crippen molar-refractivity contribution in [2.75, 3.05) is 13.7 Å². The van der Waals surface area contributed by atoms with Crippen LogP contribution >= 0.6 is 23.2 Å². The Kier molecular flexibility index (Phi) is 9.93. The molecule has 1 N–H and O–H groups in total. The molecule has 0 saturated heterocycles. The maximum Gasteiger partial charge on any atom is 0.343 e. The molecule has 0 radical (unpaired) electrons. The lowest BCUT2D eigenvalue weighted by Crippen LogP contribution is -2.24. The summed E-state index contributed by atoms with van der Waals surface area (Å²) in [6.07, 6.45) is 1.28. The van der Waals surface area contributed by atoms with Crippen LogP contribution < -0.4 is 24.4 Å². The molecule has 0 aromatic heterocycles. The number of carbonyl (C=O) groups is 3. The summed E-state index contributed by atoms with van der Waals surface area (Å²) in [7, 11) is 1.55. The average molecular weight is 593 g/mol. The van der Waals surface area contributed by atoms with E-state index in [9.17, 15) is 14.4 Å². The molecule has 4 aromatic rings. The molecule has 0 atom stereocenters. The lowest BCUT2D eigenvalue weighted by atomic mass is 10.2. The van der Waals surface area contributed by atoms with E-state index in [-0.39, 0.29) is 29.2 Å². The molecule has 0 aliphatic heterocycles. The summed E-state index contributed by atoms with van der Waals surface area (Å²) in [6.45, 7) is -0.290. The van der Waals surface area contributed by atoms with Crippen molar-refractivity contribution in [1.29, 1.82) is 0 Å². The summed E-state index contributed by atoms with van der Waals surface area (Å²) < 4.78 is 21.5. The van der Waals surface area contributed by atoms with E-state index < -0.39 is 17.8 Å². The van der Waals surface area contributed by atoms with Crippen LogP contribution in [0, 0.1) is 0 Å². The van der Waals surface area contributed by atoms with E-state index in [1.54, 1.807) is 55.6 Å². The number of hydrazone groups is 1. The maximum absolute atomic E-state index is 12.8. The van der Waals surface area contributed by atoms with E-state index in [1.165, 1.54) is 48.7 Å². The molecule has 0 aliphatic carbocycles. The fraction of sp³-hybridized carbons (Fsp3) is 0.0667. The highest BCUT2D eigenvalue weighted by atomic mass is 35.5. The predicted molar refractivity (Wildman–Crippen MR) is 153 cm³/mol. The van der Waals surface area contributed by atoms with Crippen molar-refractivity contribution >= 4 is 47.3 Å². The Bertz CT molecular complexity index is 1560. The Morgan fingerprint density at radius 2 is 1.27 bits per heavy atom. The monoisotopic (exact) mass is 592 g/mol. The molecule has 41 heavy (non-hydrogen) atoms. The maximum atomic E-state index is 12.8. The third-order valence-electron chi connectivity index (χ3n) is 5.38. The number of methoxy groups -OCH3 is 1. The summed E-state index contributed by atoms with van der Waals surface area (Å²) in [4.78, 5) is 37.5. The molecule has 0 unspecified atom stereocenters. The van der Waals surface area contributed by atoms with Crippen molar-refractivity contribution in [1.82, 2.24) is 5.43 Å². The fourth-order valence-electron chi connectivity index (χ4n) is 3.30. The van der Waals surface area contributed by atoms with Gasteiger partial charge in [0.2, 0.25) is 0 Å². The number of rotatable bonds is 10. The minimum atomic E-state index is -0.686. The summed E-state index contributed by atoms with van der Waals surface area (Å²) in [5.74, 6) is -0.575. The number of nitrogens with one attached hydrogen (secondary N) is 1. The van der Waals surface area contributed by atoms with Crippen molar-refractivity contribution in [3.63, 3.8) is 0 Å². The van der Waals surface area contributed by atoms with E-state index >= 15 is 0 Å². The summed E-state index contributed by atoms with van der Waals surface area (Å²) in [5.41, 5.74) is 3.18. The van der Waals surface area contributed by atoms with Gasteiger partial charge in [-0.25, -0.2) is 15.0 Å². The second-order valence-electron chi connectivity index (χ2n) is 8.25. The first-order valence-corrected chi connectivity index (χ1v) is 12.7. The molecular formula is C30H22Cl2N2O7. The number of benzene rings is 4. The van der Waals surface area contributed by atoms with Gasteiger partial charge in [0, 0.05) is 21.7 Å². The van der Waals surface area contributed by atoms with Gasteiger partial charge in [-0.15, -0.1) is 0 Å². The molecule has 0 bridgehead atoms. The predicted octanol–water partition coefficient (Wildman–Crippen LogP) is 5.97. The van der Waals surface area contributed by atoms with Crippen LogP contribution in [0.4, 0.5) is 0 Å². The number of nitrogens with zero attached hydrogens (tertiary/aromatic N) is 1. The van der Waals surface area contributed by atoms with Gasteiger partial charge in [0.1, 0.15) is 23.0 Å². The number of esters is 2. The Labute approximate surface area is 245 Å². The number of hydrogen-bond acceptors (Lipinski definition) is 8. The molecule has 4 aromatic carbocycles. The Morgan fingerprint density at radius 1 is 0.732 bits per heavy atom. The summed E-state index contributed by atoms with van der Waals surface area (Å²) in [6, 6.07) is 23.4. The fourth-order valence-corrected chi connectivity index (χ4v) is 3.55. The first-order valence-electron chi connectivity index (χ1n) is 12.0. The van der Waals surface area contributed by atoms with Crippen molar-refractivity contribution < 1.29 is 33.3 Å². The smallest absolute Gasteiger partial charge is 0.343 e. The lowest BCUT2D eigenvalue weighted by molar-refractivity contribution is -0.123. The van der Waals surface area contributed by atoms with Gasteiger partial charge in [0.05, 0.1) is 24.5 Å². The van der Waals surface area contributed by atoms with Gasteiger partial charge < -0.3 is 18.9 Å². The molecular weight excluding hydrogens is 571 g/mol. The molecule has 9 nitrogen and oxygen atoms in total. The molecule has 0 saturated carbocycles. The van der Waals surface area contributed by atoms with Crippen LogP contribution in [0.5, 0.6) is 23.0 Å². The highest BCUT2D eigenvalue weighted by molar-refractivity contribution is 6.31. The standard InChI is InChI=1S/C30H22Cl2N2O7/c1-38-24-12-14-25(15-13-24)39-18-28(35)34-33-17-21-6-11-26(40-29(36)19-2-7-22(31)8-3-19)16-27(21)41-30(37)20-4-9-23(32)10-5-20/h2-17H,18H2,1H3,(H,34,35)/b33-17+. The number of ether oxygens (including phenoxy) is 4. The van der Waals surface area contributed by atoms with Crippen molar-refractivity contribution in [3.8, 4) is 23.0 Å². The highest BCUT2D eigenvalue weighted by Crippen LogP contribution is 2.26. The zero-order valence-electron chi connectivity index (χ0n) is 21.5. The second kappa shape index (κ2) is 14.0. The largest absolute Gasteiger partial charge is 0.497 e. The molecule has 0 heterocycles. The Morgan fingerprint density at radius 3 is 1.85 bits per heavy atom. The van der Waals surface area contributed by atoms with Gasteiger partial charge in [0.15, 0.2) is 6.61 Å². The molecule has 1 amide bonds. The zero-order valence-corrected chi connectivity index (χ0v) is 23.0. The van der Waals surface area contributed by atoms with Crippen LogP contribution in [0.2, 0.25) is 10.0 Å². The zero-order chi connectivity index (χ0) is 29.2. The van der Waals surface area contributed by atoms with Gasteiger partial charge in [-0.05, 0) is 84.9 Å². The molecule has 4 rings (SSSR count). The van der Waals surface area contributed by atoms with E-state index in [2.05, 4.69) is 10.5 Å². The van der Waals surface area contributed by atoms with Crippen molar-refractivity contribution in [2.24, 2.45) is 5.10 Å². The minimum absolute atomic E-state index is 0.0267. The van der Waals surface area contributed by atoms with Crippen LogP contribution in [0.25, 0.3) is 0 Å². The number of amides is 1. The van der Waals surface area contributed by atoms with E-state index in [4.69, 9.17) is 42.1 Å². The van der Waals surface area contributed by atoms with Gasteiger partial charge in [-0.2, -0.15) is 5.10 Å². The Balaban J connectivity index is 1.46. The second-order valence-corrected chi connectivity index (χ2v) is 9.12.